The van der Waals surface area contributed by atoms with Gasteiger partial charge in [0, 0.05) is 28.0 Å². The maximum absolute atomic E-state index is 0. The van der Waals surface area contributed by atoms with Crippen LogP contribution in [0.25, 0.3) is 0 Å². The van der Waals surface area contributed by atoms with Crippen molar-refractivity contribution in [2.24, 2.45) is 0 Å². The molecule has 0 aliphatic rings. The summed E-state index contributed by atoms with van der Waals surface area (Å²) in [5.41, 5.74) is 0. The monoisotopic (exact) mass is 152 g/mol. The van der Waals surface area contributed by atoms with Crippen molar-refractivity contribution in [2.75, 3.05) is 0 Å². The molecule has 0 aromatic rings. The van der Waals surface area contributed by atoms with Gasteiger partial charge >= 0.3 is 0 Å². The van der Waals surface area contributed by atoms with Gasteiger partial charge in [0.05, 0.1) is 0 Å². The average molecular weight is 152 g/mol. The zero-order chi connectivity index (χ0) is 0. The van der Waals surface area contributed by atoms with Gasteiger partial charge in [-0.3, -0.25) is 0 Å². The van der Waals surface area contributed by atoms with Gasteiger partial charge in [-0.2, -0.15) is 23.4 Å². The molecule has 0 nitrogen and oxygen atoms in total. The summed E-state index contributed by atoms with van der Waals surface area (Å²) in [4.78, 5) is 0. The van der Waals surface area contributed by atoms with Crippen LogP contribution in [0.15, 0.2) is 0 Å². The van der Waals surface area contributed by atoms with Crippen LogP contribution in [0.2, 0.25) is 0 Å². The van der Waals surface area contributed by atoms with Gasteiger partial charge in [0.2, 0.25) is 0 Å². The minimum atomic E-state index is 0. The minimum Gasteiger partial charge on any atom is -0.197 e. The molecule has 0 heterocycles. The van der Waals surface area contributed by atoms with E-state index in [0.717, 1.165) is 0 Å². The molecule has 0 rings (SSSR count). The molecule has 0 aliphatic carbocycles. The van der Waals surface area contributed by atoms with Gasteiger partial charge in [-0.05, 0) is 0 Å². The summed E-state index contributed by atoms with van der Waals surface area (Å²) in [6, 6.07) is 0. The summed E-state index contributed by atoms with van der Waals surface area (Å²) in [5.74, 6) is 0. The first-order chi connectivity index (χ1) is 0. The predicted molar refractivity (Wildman–Crippen MR) is 27.2 cm³/mol. The summed E-state index contributed by atoms with van der Waals surface area (Å²) < 4.78 is 0. The molecule has 0 bridgehead atoms. The van der Waals surface area contributed by atoms with Gasteiger partial charge < -0.3 is 0 Å². The number of hydrogen-bond donors (Lipinski definition) is 0. The number of hydrogen-bond acceptors (Lipinski definition) is 0. The molecule has 1 atom stereocenters. The quantitative estimate of drug-likeness (QED) is 0.332. The Labute approximate surface area is 51.7 Å². The molecule has 0 fully saturated rings. The molecule has 4 heavy (non-hydrogen) atoms. The van der Waals surface area contributed by atoms with Crippen molar-refractivity contribution in [3.63, 3.8) is 0 Å². The zero-order valence-corrected chi connectivity index (χ0v) is 6.58. The molecule has 0 saturated carbocycles. The molecule has 1 unspecified atom stereocenters. The minimum absolute atomic E-state index is 0. The van der Waals surface area contributed by atoms with E-state index in [1.807, 2.05) is 0 Å². The van der Waals surface area contributed by atoms with E-state index in [4.69, 9.17) is 0 Å². The third-order valence-electron chi connectivity index (χ3n) is 0. The Morgan fingerprint density at radius 1 is 1.00 bits per heavy atom. The smallest absolute Gasteiger partial charge is 0 e. The molecule has 0 aliphatic heterocycles. The maximum Gasteiger partial charge on any atom is 0 e. The Hall–Kier alpha value is 1.52. The largest absolute Gasteiger partial charge is 0.197 e. The van der Waals surface area contributed by atoms with Gasteiger partial charge in [-0.15, -0.1) is 0 Å². The van der Waals surface area contributed by atoms with E-state index in [-0.39, 0.29) is 51.4 Å². The summed E-state index contributed by atoms with van der Waals surface area (Å²) >= 11 is 0. The van der Waals surface area contributed by atoms with Crippen LogP contribution in [0, 0.1) is 0 Å². The summed E-state index contributed by atoms with van der Waals surface area (Å²) in [6.07, 6.45) is 0. The van der Waals surface area contributed by atoms with Crippen molar-refractivity contribution >= 4 is 34.4 Å². The Kier molecular flexibility index (Phi) is 297. The Balaban J connectivity index is 0. The van der Waals surface area contributed by atoms with Gasteiger partial charge in [0.1, 0.15) is 0 Å². The standard InChI is InChI=1S/Fe.H3P.H2S.Si/h;1H3;1H2;. The van der Waals surface area contributed by atoms with Crippen LogP contribution >= 0.6 is 23.4 Å². The molecular formula is H5FePSSi. The van der Waals surface area contributed by atoms with Crippen molar-refractivity contribution < 1.29 is 17.1 Å². The van der Waals surface area contributed by atoms with Crippen LogP contribution in [0.4, 0.5) is 0 Å². The SMILES string of the molecule is P.S.[Fe].[Si]. The fourth-order valence-electron chi connectivity index (χ4n) is 0. The molecule has 0 aromatic heterocycles. The Bertz CT molecular complexity index is 8.00. The van der Waals surface area contributed by atoms with Crippen LogP contribution < -0.4 is 0 Å². The maximum atomic E-state index is 0. The molecular weight excluding hydrogens is 147 g/mol. The first kappa shape index (κ1) is 48.9. The first-order valence-electron chi connectivity index (χ1n) is 0. The van der Waals surface area contributed by atoms with E-state index < -0.39 is 0 Å². The van der Waals surface area contributed by atoms with Gasteiger partial charge in [-0.1, -0.05) is 0 Å². The van der Waals surface area contributed by atoms with Crippen molar-refractivity contribution in [2.45, 2.75) is 0 Å². The van der Waals surface area contributed by atoms with Crippen LogP contribution in [0.1, 0.15) is 0 Å². The molecule has 0 amide bonds. The third kappa shape index (κ3) is 9.68. The second kappa shape index (κ2) is 24.3. The summed E-state index contributed by atoms with van der Waals surface area (Å²) in [7, 11) is 0. The molecule has 0 saturated heterocycles. The van der Waals surface area contributed by atoms with Crippen LogP contribution in [0.5, 0.6) is 0 Å². The molecule has 0 N–H and O–H groups in total. The van der Waals surface area contributed by atoms with Gasteiger partial charge in [0.25, 0.3) is 0 Å². The normalized spacial score (nSPS) is 0. The van der Waals surface area contributed by atoms with E-state index >= 15 is 0 Å². The Morgan fingerprint density at radius 2 is 1.00 bits per heavy atom. The zero-order valence-electron chi connectivity index (χ0n) is 2.06. The van der Waals surface area contributed by atoms with E-state index in [1.165, 1.54) is 0 Å². The van der Waals surface area contributed by atoms with Gasteiger partial charge in [0.15, 0.2) is 0 Å². The average Bonchev–Trinajstić information content (AvgIpc) is 0. The summed E-state index contributed by atoms with van der Waals surface area (Å²) in [5, 5.41) is 0. The van der Waals surface area contributed by atoms with Crippen molar-refractivity contribution in [1.82, 2.24) is 0 Å². The second-order valence-corrected chi connectivity index (χ2v) is 0. The fraction of sp³-hybridized carbons (Fsp3) is 0. The first-order valence-corrected chi connectivity index (χ1v) is 0. The van der Waals surface area contributed by atoms with Gasteiger partial charge in [-0.25, -0.2) is 0 Å². The van der Waals surface area contributed by atoms with Crippen molar-refractivity contribution in [3.8, 4) is 0 Å². The second-order valence-electron chi connectivity index (χ2n) is 0. The molecule has 0 aromatic carbocycles. The van der Waals surface area contributed by atoms with E-state index in [2.05, 4.69) is 0 Å². The van der Waals surface area contributed by atoms with E-state index in [9.17, 15) is 0 Å². The number of rotatable bonds is 0. The fourth-order valence-corrected chi connectivity index (χ4v) is 0. The van der Waals surface area contributed by atoms with Crippen molar-refractivity contribution in [3.05, 3.63) is 0 Å². The Morgan fingerprint density at radius 3 is 1.00 bits per heavy atom. The molecule has 28 valence electrons. The van der Waals surface area contributed by atoms with Crippen molar-refractivity contribution in [1.29, 1.82) is 0 Å². The molecule has 4 heteroatoms. The van der Waals surface area contributed by atoms with Crippen LogP contribution in [-0.4, -0.2) is 11.0 Å². The summed E-state index contributed by atoms with van der Waals surface area (Å²) in [6.45, 7) is 0. The van der Waals surface area contributed by atoms with E-state index in [0.29, 0.717) is 0 Å². The van der Waals surface area contributed by atoms with Crippen LogP contribution in [-0.2, 0) is 17.1 Å². The van der Waals surface area contributed by atoms with E-state index in [1.54, 1.807) is 0 Å². The van der Waals surface area contributed by atoms with Crippen LogP contribution in [0.3, 0.4) is 0 Å². The predicted octanol–water partition coefficient (Wildman–Crippen LogP) is -0.212. The molecule has 0 spiro atoms. The topological polar surface area (TPSA) is 0 Å². The third-order valence-corrected chi connectivity index (χ3v) is 0. The molecule has 4 radical (unpaired) electrons.